The molecule has 0 spiro atoms. The highest BCUT2D eigenvalue weighted by Crippen LogP contribution is 2.24. The lowest BCUT2D eigenvalue weighted by Gasteiger charge is -2.30. The summed E-state index contributed by atoms with van der Waals surface area (Å²) in [5, 5.41) is 5.11. The fraction of sp³-hybridized carbons (Fsp3) is 0.750. The van der Waals surface area contributed by atoms with Gasteiger partial charge < -0.3 is 10.5 Å². The van der Waals surface area contributed by atoms with Gasteiger partial charge in [-0.25, -0.2) is 0 Å². The molecule has 5 heteroatoms. The second-order valence-corrected chi connectivity index (χ2v) is 5.18. The number of ether oxygens (including phenoxy) is 1. The Bertz CT molecular complexity index is 387. The van der Waals surface area contributed by atoms with E-state index in [2.05, 4.69) is 5.10 Å². The standard InChI is InChI=1S/C12H22ClN3O/c1-6-8-11(13)9(16(4)15-8)7-10(14)12(2,3)17-5/h10H,6-7,14H2,1-5H3. The number of halogens is 1. The quantitative estimate of drug-likeness (QED) is 0.879. The van der Waals surface area contributed by atoms with Crippen LogP contribution >= 0.6 is 11.6 Å². The van der Waals surface area contributed by atoms with Crippen molar-refractivity contribution in [2.75, 3.05) is 7.11 Å². The molecule has 17 heavy (non-hydrogen) atoms. The number of nitrogens with zero attached hydrogens (tertiary/aromatic N) is 2. The van der Waals surface area contributed by atoms with Gasteiger partial charge >= 0.3 is 0 Å². The maximum absolute atomic E-state index is 6.29. The van der Waals surface area contributed by atoms with Crippen LogP contribution in [0.15, 0.2) is 0 Å². The van der Waals surface area contributed by atoms with E-state index >= 15 is 0 Å². The monoisotopic (exact) mass is 259 g/mol. The minimum Gasteiger partial charge on any atom is -0.377 e. The number of aryl methyl sites for hydroxylation is 2. The summed E-state index contributed by atoms with van der Waals surface area (Å²) in [6.07, 6.45) is 1.48. The molecular formula is C12H22ClN3O. The van der Waals surface area contributed by atoms with Crippen LogP contribution in [0.25, 0.3) is 0 Å². The van der Waals surface area contributed by atoms with E-state index in [9.17, 15) is 0 Å². The lowest BCUT2D eigenvalue weighted by molar-refractivity contribution is 0.000402. The summed E-state index contributed by atoms with van der Waals surface area (Å²) in [5.74, 6) is 0. The highest BCUT2D eigenvalue weighted by Gasteiger charge is 2.28. The minimum atomic E-state index is -0.375. The molecule has 0 aliphatic carbocycles. The van der Waals surface area contributed by atoms with Gasteiger partial charge in [-0.3, -0.25) is 4.68 Å². The van der Waals surface area contributed by atoms with Crippen molar-refractivity contribution in [3.63, 3.8) is 0 Å². The summed E-state index contributed by atoms with van der Waals surface area (Å²) in [4.78, 5) is 0. The van der Waals surface area contributed by atoms with Gasteiger partial charge in [0.25, 0.3) is 0 Å². The van der Waals surface area contributed by atoms with Crippen LogP contribution in [-0.4, -0.2) is 28.5 Å². The van der Waals surface area contributed by atoms with Gasteiger partial charge in [-0.15, -0.1) is 0 Å². The molecule has 0 radical (unpaired) electrons. The van der Waals surface area contributed by atoms with Crippen LogP contribution in [0, 0.1) is 0 Å². The summed E-state index contributed by atoms with van der Waals surface area (Å²) in [6.45, 7) is 5.99. The van der Waals surface area contributed by atoms with Gasteiger partial charge in [-0.2, -0.15) is 5.10 Å². The maximum Gasteiger partial charge on any atom is 0.0850 e. The van der Waals surface area contributed by atoms with E-state index in [1.165, 1.54) is 0 Å². The Kier molecular flexibility index (Phi) is 4.58. The molecule has 98 valence electrons. The molecule has 1 heterocycles. The topological polar surface area (TPSA) is 53.1 Å². The van der Waals surface area contributed by atoms with Gasteiger partial charge in [0.2, 0.25) is 0 Å². The zero-order chi connectivity index (χ0) is 13.2. The van der Waals surface area contributed by atoms with Crippen molar-refractivity contribution >= 4 is 11.6 Å². The second-order valence-electron chi connectivity index (χ2n) is 4.80. The third kappa shape index (κ3) is 3.00. The molecule has 0 saturated carbocycles. The molecule has 0 amide bonds. The molecule has 2 N–H and O–H groups in total. The van der Waals surface area contributed by atoms with E-state index in [1.807, 2.05) is 32.5 Å². The Balaban J connectivity index is 2.92. The smallest absolute Gasteiger partial charge is 0.0850 e. The van der Waals surface area contributed by atoms with Gasteiger partial charge in [0.1, 0.15) is 0 Å². The lowest BCUT2D eigenvalue weighted by Crippen LogP contribution is -2.46. The Morgan fingerprint density at radius 2 is 2.12 bits per heavy atom. The van der Waals surface area contributed by atoms with Gasteiger partial charge in [-0.05, 0) is 20.3 Å². The van der Waals surface area contributed by atoms with Crippen molar-refractivity contribution in [1.29, 1.82) is 0 Å². The van der Waals surface area contributed by atoms with Gasteiger partial charge in [0, 0.05) is 26.6 Å². The zero-order valence-electron chi connectivity index (χ0n) is 11.2. The molecule has 0 aliphatic rings. The molecule has 0 bridgehead atoms. The SMILES string of the molecule is CCc1nn(C)c(CC(N)C(C)(C)OC)c1Cl. The molecule has 1 atom stereocenters. The van der Waals surface area contributed by atoms with Crippen LogP contribution in [0.2, 0.25) is 5.02 Å². The molecule has 1 rings (SSSR count). The molecule has 1 aromatic heterocycles. The number of hydrogen-bond acceptors (Lipinski definition) is 3. The molecular weight excluding hydrogens is 238 g/mol. The summed E-state index contributed by atoms with van der Waals surface area (Å²) < 4.78 is 7.20. The van der Waals surface area contributed by atoms with E-state index in [0.717, 1.165) is 22.8 Å². The van der Waals surface area contributed by atoms with Crippen molar-refractivity contribution < 1.29 is 4.74 Å². The van der Waals surface area contributed by atoms with E-state index in [-0.39, 0.29) is 11.6 Å². The molecule has 4 nitrogen and oxygen atoms in total. The summed E-state index contributed by atoms with van der Waals surface area (Å²) in [5.41, 5.74) is 7.68. The third-order valence-electron chi connectivity index (χ3n) is 3.34. The first kappa shape index (κ1) is 14.5. The number of nitrogens with two attached hydrogens (primary N) is 1. The van der Waals surface area contributed by atoms with Gasteiger partial charge in [-0.1, -0.05) is 18.5 Å². The summed E-state index contributed by atoms with van der Waals surface area (Å²) >= 11 is 6.29. The molecule has 1 aromatic rings. The maximum atomic E-state index is 6.29. The van der Waals surface area contributed by atoms with Crippen LogP contribution in [0.3, 0.4) is 0 Å². The molecule has 0 fully saturated rings. The highest BCUT2D eigenvalue weighted by atomic mass is 35.5. The Morgan fingerprint density at radius 1 is 1.53 bits per heavy atom. The Morgan fingerprint density at radius 3 is 2.53 bits per heavy atom. The van der Waals surface area contributed by atoms with Crippen LogP contribution in [-0.2, 0) is 24.6 Å². The van der Waals surface area contributed by atoms with Crippen LogP contribution in [0.4, 0.5) is 0 Å². The average Bonchev–Trinajstić information content (AvgIpc) is 2.56. The van der Waals surface area contributed by atoms with Crippen molar-refractivity contribution in [2.45, 2.75) is 45.3 Å². The summed E-state index contributed by atoms with van der Waals surface area (Å²) in [6, 6.07) is -0.120. The number of methoxy groups -OCH3 is 1. The first-order valence-electron chi connectivity index (χ1n) is 5.84. The Labute approximate surface area is 108 Å². The fourth-order valence-corrected chi connectivity index (χ4v) is 2.02. The third-order valence-corrected chi connectivity index (χ3v) is 3.77. The van der Waals surface area contributed by atoms with E-state index in [0.29, 0.717) is 6.42 Å². The van der Waals surface area contributed by atoms with E-state index < -0.39 is 0 Å². The molecule has 0 saturated heterocycles. The first-order valence-corrected chi connectivity index (χ1v) is 6.22. The number of hydrogen-bond donors (Lipinski definition) is 1. The number of aromatic nitrogens is 2. The number of rotatable bonds is 5. The summed E-state index contributed by atoms with van der Waals surface area (Å²) in [7, 11) is 3.56. The van der Waals surface area contributed by atoms with Gasteiger partial charge in [0.15, 0.2) is 0 Å². The van der Waals surface area contributed by atoms with Crippen molar-refractivity contribution in [2.24, 2.45) is 12.8 Å². The predicted molar refractivity (Wildman–Crippen MR) is 70.4 cm³/mol. The van der Waals surface area contributed by atoms with Crippen LogP contribution in [0.1, 0.15) is 32.2 Å². The predicted octanol–water partition coefficient (Wildman–Crippen LogP) is 1.93. The van der Waals surface area contributed by atoms with Crippen molar-refractivity contribution in [3.05, 3.63) is 16.4 Å². The second kappa shape index (κ2) is 5.38. The average molecular weight is 260 g/mol. The lowest BCUT2D eigenvalue weighted by atomic mass is 9.95. The normalized spacial score (nSPS) is 14.1. The highest BCUT2D eigenvalue weighted by molar-refractivity contribution is 6.31. The molecule has 0 aliphatic heterocycles. The minimum absolute atomic E-state index is 0.120. The molecule has 1 unspecified atom stereocenters. The van der Waals surface area contributed by atoms with E-state index in [1.54, 1.807) is 7.11 Å². The van der Waals surface area contributed by atoms with Crippen LogP contribution < -0.4 is 5.73 Å². The van der Waals surface area contributed by atoms with Crippen molar-refractivity contribution in [3.8, 4) is 0 Å². The van der Waals surface area contributed by atoms with Crippen LogP contribution in [0.5, 0.6) is 0 Å². The van der Waals surface area contributed by atoms with E-state index in [4.69, 9.17) is 22.1 Å². The Hall–Kier alpha value is -0.580. The fourth-order valence-electron chi connectivity index (χ4n) is 1.65. The largest absolute Gasteiger partial charge is 0.377 e. The van der Waals surface area contributed by atoms with Gasteiger partial charge in [0.05, 0.1) is 22.0 Å². The zero-order valence-corrected chi connectivity index (χ0v) is 12.0. The molecule has 0 aromatic carbocycles. The van der Waals surface area contributed by atoms with Crippen molar-refractivity contribution in [1.82, 2.24) is 9.78 Å². The first-order chi connectivity index (χ1) is 7.83.